The summed E-state index contributed by atoms with van der Waals surface area (Å²) in [5, 5.41) is 0. The highest BCUT2D eigenvalue weighted by Crippen LogP contribution is 2.28. The first kappa shape index (κ1) is 28.5. The molecule has 39 heavy (non-hydrogen) atoms. The third kappa shape index (κ3) is 8.23. The lowest BCUT2D eigenvalue weighted by Gasteiger charge is -2.26. The van der Waals surface area contributed by atoms with Gasteiger partial charge < -0.3 is 14.2 Å². The van der Waals surface area contributed by atoms with Gasteiger partial charge in [0.2, 0.25) is 0 Å². The molecule has 1 aromatic heterocycles. The van der Waals surface area contributed by atoms with Crippen LogP contribution in [0.1, 0.15) is 49.7 Å². The Hall–Kier alpha value is -3.53. The first-order valence-corrected chi connectivity index (χ1v) is 12.3. The monoisotopic (exact) mass is 550 g/mol. The molecule has 4 rings (SSSR count). The second kappa shape index (κ2) is 11.3. The van der Waals surface area contributed by atoms with Crippen LogP contribution in [-0.2, 0) is 32.4 Å². The van der Waals surface area contributed by atoms with Gasteiger partial charge in [-0.15, -0.1) is 0 Å². The summed E-state index contributed by atoms with van der Waals surface area (Å²) in [6, 6.07) is 12.1. The number of alkyl halides is 6. The molecular weight excluding hydrogens is 522 g/mol. The van der Waals surface area contributed by atoms with Crippen LogP contribution in [0.4, 0.5) is 26.3 Å². The third-order valence-corrected chi connectivity index (χ3v) is 6.20. The Balaban J connectivity index is 1.45. The lowest BCUT2D eigenvalue weighted by atomic mass is 10.00. The van der Waals surface area contributed by atoms with E-state index in [-0.39, 0.29) is 22.6 Å². The molecule has 0 aliphatic carbocycles. The van der Waals surface area contributed by atoms with Crippen molar-refractivity contribution in [1.82, 2.24) is 9.80 Å². The topological polar surface area (TPSA) is 36.7 Å². The molecule has 1 aliphatic heterocycles. The van der Waals surface area contributed by atoms with Crippen LogP contribution in [0, 0.1) is 0 Å². The quantitative estimate of drug-likeness (QED) is 0.237. The molecule has 0 saturated carbocycles. The van der Waals surface area contributed by atoms with Gasteiger partial charge in [-0.3, -0.25) is 4.79 Å². The normalized spacial score (nSPS) is 14.3. The standard InChI is InChI=1S/C29H28F6N2O2/c1-36(2)17-25-14-24-9-10-37(18-26(24)39-25)27(38)23-7-5-19(6-8-23)3-4-20-11-21(15-28(30,31)32)13-22(12-20)16-29(33,34)35/h3-8,11-14H,9-10,15-18H2,1-2H3/b4-3-. The van der Waals surface area contributed by atoms with Crippen molar-refractivity contribution in [1.29, 1.82) is 0 Å². The Labute approximate surface area is 222 Å². The van der Waals surface area contributed by atoms with E-state index in [1.54, 1.807) is 35.2 Å². The largest absolute Gasteiger partial charge is 0.463 e. The molecule has 2 aromatic carbocycles. The molecule has 0 N–H and O–H groups in total. The maximum atomic E-state index is 13.1. The van der Waals surface area contributed by atoms with Crippen molar-refractivity contribution in [3.8, 4) is 0 Å². The highest BCUT2D eigenvalue weighted by atomic mass is 19.4. The van der Waals surface area contributed by atoms with Gasteiger partial charge in [-0.05, 0) is 66.5 Å². The smallest absolute Gasteiger partial charge is 0.393 e. The summed E-state index contributed by atoms with van der Waals surface area (Å²) < 4.78 is 83.2. The van der Waals surface area contributed by atoms with Gasteiger partial charge in [-0.1, -0.05) is 42.5 Å². The molecule has 2 heterocycles. The van der Waals surface area contributed by atoms with Gasteiger partial charge in [0.05, 0.1) is 25.9 Å². The number of hydrogen-bond acceptors (Lipinski definition) is 3. The van der Waals surface area contributed by atoms with Crippen LogP contribution in [0.25, 0.3) is 12.2 Å². The summed E-state index contributed by atoms with van der Waals surface area (Å²) in [6.07, 6.45) is -7.97. The number of nitrogens with zero attached hydrogens (tertiary/aromatic N) is 2. The fourth-order valence-corrected chi connectivity index (χ4v) is 4.61. The summed E-state index contributed by atoms with van der Waals surface area (Å²) in [5.74, 6) is 1.48. The minimum absolute atomic E-state index is 0.154. The van der Waals surface area contributed by atoms with Gasteiger partial charge in [0.25, 0.3) is 5.91 Å². The number of fused-ring (bicyclic) bond motifs is 1. The lowest BCUT2D eigenvalue weighted by molar-refractivity contribution is -0.127. The zero-order chi connectivity index (χ0) is 28.4. The van der Waals surface area contributed by atoms with Crippen molar-refractivity contribution >= 4 is 18.1 Å². The molecule has 0 unspecified atom stereocenters. The molecule has 0 fully saturated rings. The van der Waals surface area contributed by atoms with Gasteiger partial charge >= 0.3 is 12.4 Å². The zero-order valence-corrected chi connectivity index (χ0v) is 21.5. The van der Waals surface area contributed by atoms with Gasteiger partial charge in [0.1, 0.15) is 11.5 Å². The van der Waals surface area contributed by atoms with E-state index < -0.39 is 25.2 Å². The average molecular weight is 551 g/mol. The summed E-state index contributed by atoms with van der Waals surface area (Å²) >= 11 is 0. The maximum Gasteiger partial charge on any atom is 0.393 e. The number of carbonyl (C=O) groups excluding carboxylic acids is 1. The Morgan fingerprint density at radius 3 is 2.05 bits per heavy atom. The van der Waals surface area contributed by atoms with Crippen LogP contribution >= 0.6 is 0 Å². The molecule has 0 radical (unpaired) electrons. The van der Waals surface area contributed by atoms with Crippen LogP contribution in [0.3, 0.4) is 0 Å². The maximum absolute atomic E-state index is 13.1. The second-order valence-electron chi connectivity index (χ2n) is 10.00. The van der Waals surface area contributed by atoms with Gasteiger partial charge in [0.15, 0.2) is 0 Å². The van der Waals surface area contributed by atoms with Crippen LogP contribution in [0.2, 0.25) is 0 Å². The SMILES string of the molecule is CN(C)Cc1cc2c(o1)CN(C(=O)c1ccc(/C=C\c3cc(CC(F)(F)F)cc(CC(F)(F)F)c3)cc1)CC2. The molecule has 10 heteroatoms. The Kier molecular flexibility index (Phi) is 8.25. The van der Waals surface area contributed by atoms with Gasteiger partial charge in [-0.2, -0.15) is 26.3 Å². The summed E-state index contributed by atoms with van der Waals surface area (Å²) in [5.41, 5.74) is 1.97. The minimum Gasteiger partial charge on any atom is -0.463 e. The minimum atomic E-state index is -4.54. The number of hydrogen-bond donors (Lipinski definition) is 0. The number of furan rings is 1. The molecule has 0 spiro atoms. The number of carbonyl (C=O) groups is 1. The lowest BCUT2D eigenvalue weighted by Crippen LogP contribution is -2.35. The zero-order valence-electron chi connectivity index (χ0n) is 21.5. The Morgan fingerprint density at radius 2 is 1.49 bits per heavy atom. The van der Waals surface area contributed by atoms with Crippen molar-refractivity contribution in [3.63, 3.8) is 0 Å². The van der Waals surface area contributed by atoms with Crippen LogP contribution in [-0.4, -0.2) is 48.7 Å². The van der Waals surface area contributed by atoms with Crippen LogP contribution in [0.5, 0.6) is 0 Å². The van der Waals surface area contributed by atoms with E-state index in [1.165, 1.54) is 18.2 Å². The van der Waals surface area contributed by atoms with Crippen molar-refractivity contribution in [2.75, 3.05) is 20.6 Å². The number of amides is 1. The predicted octanol–water partition coefficient (Wildman–Crippen LogP) is 6.92. The third-order valence-electron chi connectivity index (χ3n) is 6.20. The van der Waals surface area contributed by atoms with E-state index in [0.29, 0.717) is 37.2 Å². The van der Waals surface area contributed by atoms with Crippen molar-refractivity contribution in [2.45, 2.75) is 44.7 Å². The molecule has 4 nitrogen and oxygen atoms in total. The first-order valence-electron chi connectivity index (χ1n) is 12.3. The van der Waals surface area contributed by atoms with E-state index in [1.807, 2.05) is 25.1 Å². The van der Waals surface area contributed by atoms with Crippen molar-refractivity contribution in [3.05, 3.63) is 93.4 Å². The summed E-state index contributed by atoms with van der Waals surface area (Å²) in [6.45, 7) is 1.60. The Morgan fingerprint density at radius 1 is 0.897 bits per heavy atom. The predicted molar refractivity (Wildman–Crippen MR) is 136 cm³/mol. The van der Waals surface area contributed by atoms with Crippen molar-refractivity contribution in [2.24, 2.45) is 0 Å². The average Bonchev–Trinajstić information content (AvgIpc) is 3.21. The molecular formula is C29H28F6N2O2. The molecule has 0 atom stereocenters. The fourth-order valence-electron chi connectivity index (χ4n) is 4.61. The molecule has 1 aliphatic rings. The summed E-state index contributed by atoms with van der Waals surface area (Å²) in [7, 11) is 3.90. The van der Waals surface area contributed by atoms with Crippen LogP contribution < -0.4 is 0 Å². The van der Waals surface area contributed by atoms with E-state index in [4.69, 9.17) is 4.42 Å². The van der Waals surface area contributed by atoms with E-state index >= 15 is 0 Å². The number of rotatable bonds is 7. The highest BCUT2D eigenvalue weighted by molar-refractivity contribution is 5.94. The van der Waals surface area contributed by atoms with Gasteiger partial charge in [-0.25, -0.2) is 0 Å². The molecule has 1 amide bonds. The fraction of sp³-hybridized carbons (Fsp3) is 0.345. The van der Waals surface area contributed by atoms with Gasteiger partial charge in [0, 0.05) is 12.1 Å². The van der Waals surface area contributed by atoms with Crippen LogP contribution in [0.15, 0.2) is 52.9 Å². The second-order valence-corrected chi connectivity index (χ2v) is 10.00. The Bertz CT molecular complexity index is 1300. The van der Waals surface area contributed by atoms with E-state index in [2.05, 4.69) is 0 Å². The van der Waals surface area contributed by atoms with Crippen molar-refractivity contribution < 1.29 is 35.6 Å². The molecule has 0 bridgehead atoms. The molecule has 0 saturated heterocycles. The first-order chi connectivity index (χ1) is 18.2. The number of benzene rings is 2. The van der Waals surface area contributed by atoms with E-state index in [0.717, 1.165) is 23.2 Å². The molecule has 208 valence electrons. The summed E-state index contributed by atoms with van der Waals surface area (Å²) in [4.78, 5) is 16.8. The highest BCUT2D eigenvalue weighted by Gasteiger charge is 2.30. The number of halogens is 6. The van der Waals surface area contributed by atoms with E-state index in [9.17, 15) is 31.1 Å². The molecule has 3 aromatic rings.